The van der Waals surface area contributed by atoms with E-state index in [1.807, 2.05) is 26.8 Å². The lowest BCUT2D eigenvalue weighted by molar-refractivity contribution is -0.199. The second kappa shape index (κ2) is 17.2. The first-order valence-electron chi connectivity index (χ1n) is 16.1. The number of piperidine rings is 1. The normalized spacial score (nSPS) is 34.7. The van der Waals surface area contributed by atoms with E-state index in [0.29, 0.717) is 51.5 Å². The highest BCUT2D eigenvalue weighted by molar-refractivity contribution is 6.38. The molecule has 0 saturated carbocycles. The van der Waals surface area contributed by atoms with Crippen LogP contribution in [-0.4, -0.2) is 86.2 Å². The van der Waals surface area contributed by atoms with Gasteiger partial charge in [0.15, 0.2) is 0 Å². The van der Waals surface area contributed by atoms with Crippen LogP contribution < -0.4 is 0 Å². The molecule has 2 bridgehead atoms. The number of rotatable bonds is 4. The molecule has 0 aliphatic carbocycles. The van der Waals surface area contributed by atoms with Crippen molar-refractivity contribution in [1.29, 1.82) is 0 Å². The van der Waals surface area contributed by atoms with Crippen LogP contribution in [-0.2, 0) is 38.1 Å². The molecule has 2 fully saturated rings. The van der Waals surface area contributed by atoms with E-state index < -0.39 is 35.9 Å². The number of Topliss-reactive ketones (excluding diaryl/α,β-unsaturated/α-hetero) is 2. The molecule has 9 nitrogen and oxygen atoms in total. The predicted molar refractivity (Wildman–Crippen MR) is 163 cm³/mol. The molecular formula is C34H53NO8. The largest absolute Gasteiger partial charge is 0.464 e. The molecule has 0 spiro atoms. The number of hydrogen-bond acceptors (Lipinski definition) is 8. The minimum atomic E-state index is -0.958. The molecule has 9 heteroatoms. The van der Waals surface area contributed by atoms with Gasteiger partial charge in [0, 0.05) is 33.6 Å². The number of carbonyl (C=O) groups excluding carboxylic acids is 4. The molecule has 2 saturated heterocycles. The van der Waals surface area contributed by atoms with E-state index in [9.17, 15) is 19.2 Å². The van der Waals surface area contributed by atoms with E-state index in [2.05, 4.69) is 19.1 Å². The van der Waals surface area contributed by atoms with E-state index in [4.69, 9.17) is 18.9 Å². The molecule has 3 heterocycles. The first-order valence-corrected chi connectivity index (χ1v) is 16.1. The lowest BCUT2D eigenvalue weighted by Gasteiger charge is -2.43. The number of allylic oxidation sites excluding steroid dienone is 4. The van der Waals surface area contributed by atoms with Crippen molar-refractivity contribution in [3.05, 3.63) is 23.8 Å². The molecule has 0 aromatic rings. The second-order valence-electron chi connectivity index (χ2n) is 12.9. The fourth-order valence-corrected chi connectivity index (χ4v) is 6.56. The van der Waals surface area contributed by atoms with Crippen LogP contribution >= 0.6 is 0 Å². The van der Waals surface area contributed by atoms with Gasteiger partial charge in [-0.2, -0.15) is 0 Å². The van der Waals surface area contributed by atoms with Gasteiger partial charge in [-0.05, 0) is 76.0 Å². The van der Waals surface area contributed by atoms with E-state index in [1.54, 1.807) is 14.2 Å². The third-order valence-corrected chi connectivity index (χ3v) is 9.17. The molecule has 8 unspecified atom stereocenters. The maximum atomic E-state index is 13.7. The fraction of sp³-hybridized carbons (Fsp3) is 0.765. The molecule has 8 atom stereocenters. The minimum Gasteiger partial charge on any atom is -0.464 e. The highest BCUT2D eigenvalue weighted by Gasteiger charge is 2.47. The number of esters is 1. The van der Waals surface area contributed by atoms with Gasteiger partial charge in [-0.3, -0.25) is 14.4 Å². The van der Waals surface area contributed by atoms with E-state index in [-0.39, 0.29) is 42.4 Å². The van der Waals surface area contributed by atoms with Crippen LogP contribution in [0.4, 0.5) is 0 Å². The first kappa shape index (κ1) is 35.1. The molecular weight excluding hydrogens is 550 g/mol. The number of ether oxygens (including phenoxy) is 4. The van der Waals surface area contributed by atoms with Crippen molar-refractivity contribution >= 4 is 23.4 Å². The number of cyclic esters (lactones) is 1. The van der Waals surface area contributed by atoms with Crippen LogP contribution in [0.2, 0.25) is 0 Å². The first-order chi connectivity index (χ1) is 20.6. The van der Waals surface area contributed by atoms with Crippen LogP contribution in [0.25, 0.3) is 0 Å². The average molecular weight is 604 g/mol. The number of hydrogen-bond donors (Lipinski definition) is 0. The van der Waals surface area contributed by atoms with Crippen molar-refractivity contribution in [2.45, 2.75) is 122 Å². The highest BCUT2D eigenvalue weighted by atomic mass is 16.6. The number of methoxy groups -OCH3 is 2. The van der Waals surface area contributed by atoms with Crippen molar-refractivity contribution in [3.8, 4) is 0 Å². The molecule has 43 heavy (non-hydrogen) atoms. The summed E-state index contributed by atoms with van der Waals surface area (Å²) in [5.74, 6) is -1.72. The third-order valence-electron chi connectivity index (χ3n) is 9.17. The maximum absolute atomic E-state index is 13.7. The maximum Gasteiger partial charge on any atom is 0.328 e. The van der Waals surface area contributed by atoms with Crippen LogP contribution in [0, 0.1) is 17.8 Å². The molecule has 3 rings (SSSR count). The van der Waals surface area contributed by atoms with Gasteiger partial charge in [0.2, 0.25) is 5.78 Å². The van der Waals surface area contributed by atoms with E-state index >= 15 is 0 Å². The number of carbonyl (C=O) groups is 4. The molecule has 0 aromatic carbocycles. The molecule has 3 aliphatic rings. The van der Waals surface area contributed by atoms with Crippen molar-refractivity contribution in [3.63, 3.8) is 0 Å². The van der Waals surface area contributed by atoms with Crippen LogP contribution in [0.15, 0.2) is 23.8 Å². The Labute approximate surface area is 257 Å². The van der Waals surface area contributed by atoms with Gasteiger partial charge in [0.05, 0.1) is 18.8 Å². The van der Waals surface area contributed by atoms with Gasteiger partial charge in [-0.25, -0.2) is 4.79 Å². The van der Waals surface area contributed by atoms with Crippen molar-refractivity contribution in [2.75, 3.05) is 27.4 Å². The van der Waals surface area contributed by atoms with Crippen molar-refractivity contribution in [2.24, 2.45) is 17.8 Å². The summed E-state index contributed by atoms with van der Waals surface area (Å²) in [7, 11) is 3.26. The fourth-order valence-electron chi connectivity index (χ4n) is 6.56. The van der Waals surface area contributed by atoms with Crippen LogP contribution in [0.1, 0.15) is 91.9 Å². The smallest absolute Gasteiger partial charge is 0.328 e. The summed E-state index contributed by atoms with van der Waals surface area (Å²) in [6, 6.07) is -0.803. The molecule has 3 aliphatic heterocycles. The lowest BCUT2D eigenvalue weighted by atomic mass is 9.84. The van der Waals surface area contributed by atoms with E-state index in [1.165, 1.54) is 10.5 Å². The second-order valence-corrected chi connectivity index (χ2v) is 12.9. The van der Waals surface area contributed by atoms with E-state index in [0.717, 1.165) is 19.3 Å². The molecule has 0 N–H and O–H groups in total. The van der Waals surface area contributed by atoms with Crippen LogP contribution in [0.3, 0.4) is 0 Å². The Morgan fingerprint density at radius 3 is 2.40 bits per heavy atom. The summed E-state index contributed by atoms with van der Waals surface area (Å²) in [4.78, 5) is 54.7. The zero-order valence-electron chi connectivity index (χ0n) is 27.0. The number of amides is 1. The predicted octanol–water partition coefficient (Wildman–Crippen LogP) is 5.00. The topological polar surface area (TPSA) is 108 Å². The lowest BCUT2D eigenvalue weighted by Crippen LogP contribution is -2.58. The molecule has 242 valence electrons. The third kappa shape index (κ3) is 9.82. The zero-order valence-corrected chi connectivity index (χ0v) is 27.0. The number of nitrogens with zero attached hydrogens (tertiary/aromatic N) is 1. The van der Waals surface area contributed by atoms with Gasteiger partial charge in [-0.15, -0.1) is 0 Å². The molecule has 1 amide bonds. The Hall–Kier alpha value is -2.36. The monoisotopic (exact) mass is 603 g/mol. The summed E-state index contributed by atoms with van der Waals surface area (Å²) in [6.45, 7) is 8.48. The quantitative estimate of drug-likeness (QED) is 0.251. The molecule has 0 aromatic heterocycles. The number of ketones is 2. The summed E-state index contributed by atoms with van der Waals surface area (Å²) in [5, 5.41) is 0. The summed E-state index contributed by atoms with van der Waals surface area (Å²) in [5.41, 5.74) is 1.19. The Morgan fingerprint density at radius 1 is 0.977 bits per heavy atom. The standard InChI is InChI=1S/C34H53NO8/c1-7-8-11-25-14-16-26(36)15-13-22(2)21-42-34(39)27-12-9-10-17-35(27)33(38)30(37)31-24(4)20-29(41-6)32(43-31)28(40-5)19-23(3)18-25/h7-8,14,22-24,27-29,31-32H,9-13,15-21H2,1-6H3. The summed E-state index contributed by atoms with van der Waals surface area (Å²) in [6.07, 6.45) is 10.1. The van der Waals surface area contributed by atoms with Gasteiger partial charge >= 0.3 is 5.97 Å². The minimum absolute atomic E-state index is 0.00370. The Bertz CT molecular complexity index is 1020. The number of fused-ring (bicyclic) bond motifs is 3. The van der Waals surface area contributed by atoms with Gasteiger partial charge in [-0.1, -0.05) is 44.6 Å². The Balaban J connectivity index is 1.92. The van der Waals surface area contributed by atoms with Gasteiger partial charge in [0.25, 0.3) is 5.91 Å². The van der Waals surface area contributed by atoms with Crippen LogP contribution in [0.5, 0.6) is 0 Å². The molecule has 0 radical (unpaired) electrons. The average Bonchev–Trinajstić information content (AvgIpc) is 3.01. The van der Waals surface area contributed by atoms with Crippen molar-refractivity contribution in [1.82, 2.24) is 4.90 Å². The zero-order chi connectivity index (χ0) is 31.5. The summed E-state index contributed by atoms with van der Waals surface area (Å²) >= 11 is 0. The highest BCUT2D eigenvalue weighted by Crippen LogP contribution is 2.34. The Morgan fingerprint density at radius 2 is 1.70 bits per heavy atom. The van der Waals surface area contributed by atoms with Gasteiger partial charge in [0.1, 0.15) is 24.0 Å². The summed E-state index contributed by atoms with van der Waals surface area (Å²) < 4.78 is 23.8. The SMILES string of the molecule is CC=CCC1=CCC(=O)CCC(C)COC(=O)C2CCCCN2C(=O)C(=O)C2OC(C(OC)CC(C)C1)C(OC)CC2C. The van der Waals surface area contributed by atoms with Gasteiger partial charge < -0.3 is 23.8 Å². The Kier molecular flexibility index (Phi) is 14.1. The van der Waals surface area contributed by atoms with Crippen molar-refractivity contribution < 1.29 is 38.1 Å².